The lowest BCUT2D eigenvalue weighted by Crippen LogP contribution is -2.51. The Balaban J connectivity index is 1.51. The van der Waals surface area contributed by atoms with Crippen molar-refractivity contribution in [3.8, 4) is 0 Å². The molecule has 0 unspecified atom stereocenters. The molecule has 1 aliphatic rings. The van der Waals surface area contributed by atoms with Crippen molar-refractivity contribution in [1.82, 2.24) is 14.8 Å². The number of nitrogens with one attached hydrogen (secondary N) is 1. The number of carbonyl (C=O) groups is 2. The molecule has 138 valence electrons. The summed E-state index contributed by atoms with van der Waals surface area (Å²) in [6.45, 7) is 6.06. The number of benzene rings is 1. The molecule has 2 heterocycles. The van der Waals surface area contributed by atoms with E-state index < -0.39 is 0 Å². The Morgan fingerprint density at radius 2 is 1.62 bits per heavy atom. The summed E-state index contributed by atoms with van der Waals surface area (Å²) >= 11 is 0. The lowest BCUT2D eigenvalue weighted by molar-refractivity contribution is -0.138. The highest BCUT2D eigenvalue weighted by atomic mass is 19.1. The monoisotopic (exact) mass is 357 g/mol. The quantitative estimate of drug-likeness (QED) is 0.912. The van der Waals surface area contributed by atoms with Gasteiger partial charge >= 0.3 is 0 Å². The molecule has 3 rings (SSSR count). The SMILES string of the molecule is Cc1cc(CC(=O)N2CCN(C(=O)Cc3cccc(F)c3)CC2)c(C)[nH]1. The molecule has 6 heteroatoms. The van der Waals surface area contributed by atoms with E-state index in [2.05, 4.69) is 4.98 Å². The second-order valence-corrected chi connectivity index (χ2v) is 6.85. The van der Waals surface area contributed by atoms with Crippen LogP contribution in [-0.4, -0.2) is 52.8 Å². The Hall–Kier alpha value is -2.63. The number of hydrogen-bond acceptors (Lipinski definition) is 2. The maximum Gasteiger partial charge on any atom is 0.227 e. The predicted octanol–water partition coefficient (Wildman–Crippen LogP) is 2.23. The van der Waals surface area contributed by atoms with Gasteiger partial charge in [0.05, 0.1) is 12.8 Å². The van der Waals surface area contributed by atoms with E-state index in [0.717, 1.165) is 17.0 Å². The van der Waals surface area contributed by atoms with Crippen LogP contribution in [0.5, 0.6) is 0 Å². The van der Waals surface area contributed by atoms with Crippen LogP contribution in [0.3, 0.4) is 0 Å². The van der Waals surface area contributed by atoms with Crippen molar-refractivity contribution < 1.29 is 14.0 Å². The van der Waals surface area contributed by atoms with Crippen LogP contribution < -0.4 is 0 Å². The Morgan fingerprint density at radius 1 is 1.00 bits per heavy atom. The molecule has 26 heavy (non-hydrogen) atoms. The van der Waals surface area contributed by atoms with E-state index in [1.165, 1.54) is 12.1 Å². The van der Waals surface area contributed by atoms with Crippen LogP contribution in [-0.2, 0) is 22.4 Å². The molecule has 0 aliphatic carbocycles. The second-order valence-electron chi connectivity index (χ2n) is 6.85. The average molecular weight is 357 g/mol. The Kier molecular flexibility index (Phi) is 5.40. The first kappa shape index (κ1) is 18.2. The van der Waals surface area contributed by atoms with E-state index in [1.54, 1.807) is 17.0 Å². The van der Waals surface area contributed by atoms with Crippen molar-refractivity contribution in [3.63, 3.8) is 0 Å². The zero-order valence-corrected chi connectivity index (χ0v) is 15.2. The van der Waals surface area contributed by atoms with Gasteiger partial charge in [-0.15, -0.1) is 0 Å². The molecule has 0 radical (unpaired) electrons. The number of aromatic amines is 1. The largest absolute Gasteiger partial charge is 0.362 e. The van der Waals surface area contributed by atoms with Gasteiger partial charge < -0.3 is 14.8 Å². The molecule has 0 bridgehead atoms. The summed E-state index contributed by atoms with van der Waals surface area (Å²) in [4.78, 5) is 31.7. The zero-order valence-electron chi connectivity index (χ0n) is 15.2. The van der Waals surface area contributed by atoms with Crippen molar-refractivity contribution in [1.29, 1.82) is 0 Å². The fraction of sp³-hybridized carbons (Fsp3) is 0.400. The van der Waals surface area contributed by atoms with Crippen molar-refractivity contribution >= 4 is 11.8 Å². The van der Waals surface area contributed by atoms with Crippen molar-refractivity contribution in [2.24, 2.45) is 0 Å². The summed E-state index contributed by atoms with van der Waals surface area (Å²) in [7, 11) is 0. The number of H-pyrrole nitrogens is 1. The number of halogens is 1. The molecule has 1 aliphatic heterocycles. The summed E-state index contributed by atoms with van der Waals surface area (Å²) in [5.41, 5.74) is 3.78. The van der Waals surface area contributed by atoms with Crippen molar-refractivity contribution in [3.05, 3.63) is 58.7 Å². The molecule has 0 atom stereocenters. The van der Waals surface area contributed by atoms with E-state index in [0.29, 0.717) is 38.2 Å². The third-order valence-corrected chi connectivity index (χ3v) is 4.83. The van der Waals surface area contributed by atoms with Crippen LogP contribution in [0.2, 0.25) is 0 Å². The zero-order chi connectivity index (χ0) is 18.7. The fourth-order valence-corrected chi connectivity index (χ4v) is 3.38. The molecule has 2 amide bonds. The highest BCUT2D eigenvalue weighted by Gasteiger charge is 2.24. The molecule has 0 saturated carbocycles. The topological polar surface area (TPSA) is 56.4 Å². The number of hydrogen-bond donors (Lipinski definition) is 1. The first-order valence-corrected chi connectivity index (χ1v) is 8.87. The van der Waals surface area contributed by atoms with E-state index >= 15 is 0 Å². The Bertz CT molecular complexity index is 807. The van der Waals surface area contributed by atoms with E-state index in [-0.39, 0.29) is 24.1 Å². The minimum absolute atomic E-state index is 0.0280. The molecule has 1 N–H and O–H groups in total. The third kappa shape index (κ3) is 4.31. The van der Waals surface area contributed by atoms with E-state index in [4.69, 9.17) is 0 Å². The van der Waals surface area contributed by atoms with Gasteiger partial charge in [0.2, 0.25) is 11.8 Å². The minimum atomic E-state index is -0.332. The lowest BCUT2D eigenvalue weighted by Gasteiger charge is -2.35. The van der Waals surface area contributed by atoms with Gasteiger partial charge in [0.25, 0.3) is 0 Å². The summed E-state index contributed by atoms with van der Waals surface area (Å²) in [6.07, 6.45) is 0.570. The molecular formula is C20H24FN3O2. The highest BCUT2D eigenvalue weighted by molar-refractivity contribution is 5.81. The highest BCUT2D eigenvalue weighted by Crippen LogP contribution is 2.13. The van der Waals surface area contributed by atoms with Crippen LogP contribution in [0.25, 0.3) is 0 Å². The molecule has 1 aromatic carbocycles. The van der Waals surface area contributed by atoms with Gasteiger partial charge in [-0.3, -0.25) is 9.59 Å². The molecule has 2 aromatic rings. The van der Waals surface area contributed by atoms with Gasteiger partial charge in [0.15, 0.2) is 0 Å². The second kappa shape index (κ2) is 7.72. The van der Waals surface area contributed by atoms with Crippen LogP contribution >= 0.6 is 0 Å². The molecule has 1 aromatic heterocycles. The number of carbonyl (C=O) groups excluding carboxylic acids is 2. The Labute approximate surface area is 152 Å². The molecule has 5 nitrogen and oxygen atoms in total. The van der Waals surface area contributed by atoms with Crippen LogP contribution in [0, 0.1) is 19.7 Å². The van der Waals surface area contributed by atoms with Crippen molar-refractivity contribution in [2.45, 2.75) is 26.7 Å². The molecule has 1 fully saturated rings. The van der Waals surface area contributed by atoms with E-state index in [1.807, 2.05) is 24.8 Å². The van der Waals surface area contributed by atoms with Crippen LogP contribution in [0.4, 0.5) is 4.39 Å². The number of aromatic nitrogens is 1. The summed E-state index contributed by atoms with van der Waals surface area (Å²) in [6, 6.07) is 8.12. The number of aryl methyl sites for hydroxylation is 2. The predicted molar refractivity (Wildman–Crippen MR) is 97.2 cm³/mol. The van der Waals surface area contributed by atoms with Gasteiger partial charge in [0.1, 0.15) is 5.82 Å². The van der Waals surface area contributed by atoms with Gasteiger partial charge in [-0.05, 0) is 43.2 Å². The summed E-state index contributed by atoms with van der Waals surface area (Å²) in [5.74, 6) is -0.273. The number of piperazine rings is 1. The lowest BCUT2D eigenvalue weighted by atomic mass is 10.1. The number of nitrogens with zero attached hydrogens (tertiary/aromatic N) is 2. The molecular weight excluding hydrogens is 333 g/mol. The fourth-order valence-electron chi connectivity index (χ4n) is 3.38. The average Bonchev–Trinajstić information content (AvgIpc) is 2.92. The first-order valence-electron chi connectivity index (χ1n) is 8.87. The summed E-state index contributed by atoms with van der Waals surface area (Å²) < 4.78 is 13.2. The van der Waals surface area contributed by atoms with Gasteiger partial charge in [0, 0.05) is 37.6 Å². The van der Waals surface area contributed by atoms with Crippen LogP contribution in [0.1, 0.15) is 22.5 Å². The minimum Gasteiger partial charge on any atom is -0.362 e. The molecule has 0 spiro atoms. The maximum absolute atomic E-state index is 13.2. The van der Waals surface area contributed by atoms with Crippen LogP contribution in [0.15, 0.2) is 30.3 Å². The van der Waals surface area contributed by atoms with E-state index in [9.17, 15) is 14.0 Å². The Morgan fingerprint density at radius 3 is 2.15 bits per heavy atom. The standard InChI is InChI=1S/C20H24FN3O2/c1-14-10-17(15(2)22-14)13-20(26)24-8-6-23(7-9-24)19(25)12-16-4-3-5-18(21)11-16/h3-5,10-11,22H,6-9,12-13H2,1-2H3. The summed E-state index contributed by atoms with van der Waals surface area (Å²) in [5, 5.41) is 0. The normalized spacial score (nSPS) is 14.6. The maximum atomic E-state index is 13.2. The van der Waals surface area contributed by atoms with Gasteiger partial charge in [-0.2, -0.15) is 0 Å². The van der Waals surface area contributed by atoms with Gasteiger partial charge in [-0.1, -0.05) is 12.1 Å². The van der Waals surface area contributed by atoms with Gasteiger partial charge in [-0.25, -0.2) is 4.39 Å². The first-order chi connectivity index (χ1) is 12.4. The third-order valence-electron chi connectivity index (χ3n) is 4.83. The molecule has 1 saturated heterocycles. The number of amides is 2. The smallest absolute Gasteiger partial charge is 0.227 e. The van der Waals surface area contributed by atoms with Crippen molar-refractivity contribution in [2.75, 3.05) is 26.2 Å². The number of rotatable bonds is 4.